The van der Waals surface area contributed by atoms with Crippen LogP contribution in [0.4, 0.5) is 17.3 Å². The minimum Gasteiger partial charge on any atom is -0.395 e. The van der Waals surface area contributed by atoms with Gasteiger partial charge in [0.15, 0.2) is 11.3 Å². The quantitative estimate of drug-likeness (QED) is 0.341. The molecular weight excluding hydrogens is 514 g/mol. The van der Waals surface area contributed by atoms with E-state index in [9.17, 15) is 9.90 Å². The summed E-state index contributed by atoms with van der Waals surface area (Å²) in [5, 5.41) is 16.6. The SMILES string of the molecule is CN1CCN(c2ccc(Nc3ncc4c(=O)n5c(nc4n3)c3ccccc3n5-c3nccs3)cc2)CC1CO. The number of likely N-dealkylation sites (N-methyl/N-ethyl adjacent to an activating group) is 1. The van der Waals surface area contributed by atoms with Gasteiger partial charge in [-0.05, 0) is 43.4 Å². The molecule has 1 saturated heterocycles. The van der Waals surface area contributed by atoms with Gasteiger partial charge in [-0.25, -0.2) is 19.6 Å². The van der Waals surface area contributed by atoms with Crippen molar-refractivity contribution in [3.63, 3.8) is 0 Å². The van der Waals surface area contributed by atoms with Crippen molar-refractivity contribution in [1.82, 2.24) is 34.0 Å². The summed E-state index contributed by atoms with van der Waals surface area (Å²) in [4.78, 5) is 36.3. The molecule has 12 heteroatoms. The van der Waals surface area contributed by atoms with E-state index in [2.05, 4.69) is 30.1 Å². The highest BCUT2D eigenvalue weighted by Crippen LogP contribution is 2.26. The molecule has 2 aromatic carbocycles. The van der Waals surface area contributed by atoms with Crippen LogP contribution in [-0.4, -0.2) is 78.5 Å². The minimum atomic E-state index is -0.259. The molecule has 39 heavy (non-hydrogen) atoms. The van der Waals surface area contributed by atoms with E-state index in [1.807, 2.05) is 61.0 Å². The number of benzene rings is 2. The van der Waals surface area contributed by atoms with Crippen LogP contribution in [0.1, 0.15) is 0 Å². The molecule has 0 spiro atoms. The third kappa shape index (κ3) is 4.00. The maximum Gasteiger partial charge on any atom is 0.284 e. The van der Waals surface area contributed by atoms with Crippen LogP contribution in [0.2, 0.25) is 0 Å². The largest absolute Gasteiger partial charge is 0.395 e. The van der Waals surface area contributed by atoms with Gasteiger partial charge in [0.05, 0.1) is 18.2 Å². The summed E-state index contributed by atoms with van der Waals surface area (Å²) >= 11 is 1.45. The summed E-state index contributed by atoms with van der Waals surface area (Å²) < 4.78 is 3.33. The van der Waals surface area contributed by atoms with Gasteiger partial charge in [-0.3, -0.25) is 9.69 Å². The fourth-order valence-corrected chi connectivity index (χ4v) is 5.76. The maximum absolute atomic E-state index is 13.7. The zero-order chi connectivity index (χ0) is 26.5. The second kappa shape index (κ2) is 9.42. The van der Waals surface area contributed by atoms with Crippen molar-refractivity contribution in [1.29, 1.82) is 0 Å². The molecule has 4 aromatic heterocycles. The lowest BCUT2D eigenvalue weighted by Gasteiger charge is -2.39. The Kier molecular flexibility index (Phi) is 5.72. The molecule has 1 aliphatic rings. The molecule has 0 saturated carbocycles. The number of aliphatic hydroxyl groups excluding tert-OH is 1. The van der Waals surface area contributed by atoms with E-state index in [1.54, 1.807) is 15.4 Å². The number of anilines is 3. The van der Waals surface area contributed by atoms with Crippen molar-refractivity contribution in [2.24, 2.45) is 0 Å². The molecule has 6 aromatic rings. The number of hydrogen-bond acceptors (Lipinski definition) is 10. The Hall–Kier alpha value is -4.39. The molecule has 2 N–H and O–H groups in total. The number of thiazole rings is 1. The van der Waals surface area contributed by atoms with Gasteiger partial charge in [0.1, 0.15) is 5.39 Å². The van der Waals surface area contributed by atoms with Crippen LogP contribution in [0.5, 0.6) is 0 Å². The molecule has 0 bridgehead atoms. The predicted molar refractivity (Wildman–Crippen MR) is 153 cm³/mol. The number of hydrogen-bond donors (Lipinski definition) is 2. The summed E-state index contributed by atoms with van der Waals surface area (Å²) in [5.41, 5.74) is 3.34. The molecular formula is C27H25N9O2S. The number of aromatic nitrogens is 6. The van der Waals surface area contributed by atoms with Crippen molar-refractivity contribution < 1.29 is 5.11 Å². The fourth-order valence-electron chi connectivity index (χ4n) is 5.11. The monoisotopic (exact) mass is 539 g/mol. The van der Waals surface area contributed by atoms with Crippen molar-refractivity contribution in [2.45, 2.75) is 6.04 Å². The first-order valence-electron chi connectivity index (χ1n) is 12.6. The first-order valence-corrected chi connectivity index (χ1v) is 13.5. The fraction of sp³-hybridized carbons (Fsp3) is 0.222. The van der Waals surface area contributed by atoms with Gasteiger partial charge in [0.2, 0.25) is 11.1 Å². The van der Waals surface area contributed by atoms with Gasteiger partial charge in [-0.1, -0.05) is 12.1 Å². The van der Waals surface area contributed by atoms with Crippen molar-refractivity contribution >= 4 is 56.2 Å². The van der Waals surface area contributed by atoms with E-state index in [1.165, 1.54) is 17.5 Å². The van der Waals surface area contributed by atoms with E-state index in [0.29, 0.717) is 27.8 Å². The summed E-state index contributed by atoms with van der Waals surface area (Å²) in [6, 6.07) is 15.9. The molecule has 0 radical (unpaired) electrons. The number of piperazine rings is 1. The molecule has 1 atom stereocenters. The van der Waals surface area contributed by atoms with E-state index in [4.69, 9.17) is 4.98 Å². The predicted octanol–water partition coefficient (Wildman–Crippen LogP) is 2.89. The molecule has 0 amide bonds. The number of nitrogens with one attached hydrogen (secondary N) is 1. The van der Waals surface area contributed by atoms with Gasteiger partial charge >= 0.3 is 0 Å². The van der Waals surface area contributed by atoms with Crippen LogP contribution in [0.15, 0.2) is 71.1 Å². The number of fused-ring (bicyclic) bond motifs is 4. The van der Waals surface area contributed by atoms with Gasteiger partial charge in [0.25, 0.3) is 5.56 Å². The van der Waals surface area contributed by atoms with Crippen LogP contribution in [0.25, 0.3) is 32.7 Å². The van der Waals surface area contributed by atoms with E-state index < -0.39 is 0 Å². The third-order valence-electron chi connectivity index (χ3n) is 7.25. The second-order valence-corrected chi connectivity index (χ2v) is 10.4. The van der Waals surface area contributed by atoms with Gasteiger partial charge in [-0.15, -0.1) is 11.3 Å². The summed E-state index contributed by atoms with van der Waals surface area (Å²) in [7, 11) is 2.04. The second-order valence-electron chi connectivity index (χ2n) is 9.56. The molecule has 0 aliphatic carbocycles. The molecule has 196 valence electrons. The van der Waals surface area contributed by atoms with Crippen LogP contribution in [0, 0.1) is 0 Å². The highest BCUT2D eigenvalue weighted by Gasteiger charge is 2.24. The van der Waals surface area contributed by atoms with Crippen LogP contribution < -0.4 is 15.8 Å². The number of aliphatic hydroxyl groups is 1. The molecule has 5 heterocycles. The molecule has 1 unspecified atom stereocenters. The standard InChI is InChI=1S/C27H25N9O2S/c1-33-11-12-34(15-19(33)16-37)18-8-6-17(7-9-18)30-26-29-14-21-23(32-26)31-24-20-4-2-3-5-22(20)35(36(24)25(21)38)27-28-10-13-39-27/h2-10,13-14,19,37H,11-12,15-16H2,1H3,(H,29,30,32). The van der Waals surface area contributed by atoms with Crippen molar-refractivity contribution in [3.05, 3.63) is 76.7 Å². The summed E-state index contributed by atoms with van der Waals surface area (Å²) in [6.45, 7) is 2.73. The first kappa shape index (κ1) is 23.7. The first-order chi connectivity index (χ1) is 19.1. The van der Waals surface area contributed by atoms with E-state index >= 15 is 0 Å². The highest BCUT2D eigenvalue weighted by molar-refractivity contribution is 7.12. The molecule has 11 nitrogen and oxygen atoms in total. The van der Waals surface area contributed by atoms with E-state index in [-0.39, 0.29) is 18.2 Å². The van der Waals surface area contributed by atoms with E-state index in [0.717, 1.165) is 41.9 Å². The lowest BCUT2D eigenvalue weighted by Crippen LogP contribution is -2.53. The Morgan fingerprint density at radius 2 is 1.90 bits per heavy atom. The zero-order valence-corrected chi connectivity index (χ0v) is 21.9. The Balaban J connectivity index is 1.23. The third-order valence-corrected chi connectivity index (χ3v) is 8.00. The molecule has 1 aliphatic heterocycles. The normalized spacial score (nSPS) is 16.5. The number of nitrogens with zero attached hydrogens (tertiary/aromatic N) is 8. The lowest BCUT2D eigenvalue weighted by molar-refractivity contribution is 0.135. The molecule has 1 fully saturated rings. The average Bonchev–Trinajstić information content (AvgIpc) is 3.60. The average molecular weight is 540 g/mol. The number of rotatable bonds is 5. The highest BCUT2D eigenvalue weighted by atomic mass is 32.1. The van der Waals surface area contributed by atoms with Crippen LogP contribution >= 0.6 is 11.3 Å². The summed E-state index contributed by atoms with van der Waals surface area (Å²) in [6.07, 6.45) is 3.23. The maximum atomic E-state index is 13.7. The van der Waals surface area contributed by atoms with Gasteiger partial charge < -0.3 is 15.3 Å². The number of para-hydroxylation sites is 1. The van der Waals surface area contributed by atoms with Crippen LogP contribution in [0.3, 0.4) is 0 Å². The zero-order valence-electron chi connectivity index (χ0n) is 21.1. The van der Waals surface area contributed by atoms with Gasteiger partial charge in [0, 0.05) is 54.2 Å². The minimum absolute atomic E-state index is 0.126. The van der Waals surface area contributed by atoms with Crippen molar-refractivity contribution in [2.75, 3.05) is 43.5 Å². The Bertz CT molecular complexity index is 1860. The van der Waals surface area contributed by atoms with Gasteiger partial charge in [-0.2, -0.15) is 9.50 Å². The topological polar surface area (TPSA) is 117 Å². The Morgan fingerprint density at radius 3 is 2.69 bits per heavy atom. The smallest absolute Gasteiger partial charge is 0.284 e. The summed E-state index contributed by atoms with van der Waals surface area (Å²) in [5.74, 6) is 0.357. The van der Waals surface area contributed by atoms with Crippen LogP contribution in [-0.2, 0) is 0 Å². The Labute approximate surface area is 226 Å². The van der Waals surface area contributed by atoms with Crippen molar-refractivity contribution in [3.8, 4) is 5.13 Å². The lowest BCUT2D eigenvalue weighted by atomic mass is 10.1. The molecule has 7 rings (SSSR count). The Morgan fingerprint density at radius 1 is 1.05 bits per heavy atom.